The van der Waals surface area contributed by atoms with Gasteiger partial charge < -0.3 is 15.0 Å². The lowest BCUT2D eigenvalue weighted by molar-refractivity contribution is -0.143. The number of nitrogens with one attached hydrogen (secondary N) is 1. The van der Waals surface area contributed by atoms with Gasteiger partial charge in [0.1, 0.15) is 5.75 Å². The fraction of sp³-hybridized carbons (Fsp3) is 0.619. The molecule has 144 valence electrons. The highest BCUT2D eigenvalue weighted by molar-refractivity contribution is 5.84. The molecular weight excluding hydrogens is 328 g/mol. The quantitative estimate of drug-likeness (QED) is 0.896. The van der Waals surface area contributed by atoms with Gasteiger partial charge in [0, 0.05) is 24.1 Å². The van der Waals surface area contributed by atoms with Crippen LogP contribution in [0.15, 0.2) is 24.3 Å². The van der Waals surface area contributed by atoms with Gasteiger partial charge in [0.05, 0.1) is 18.6 Å². The van der Waals surface area contributed by atoms with Crippen molar-refractivity contribution in [2.45, 2.75) is 53.0 Å². The number of para-hydroxylation sites is 1. The van der Waals surface area contributed by atoms with Gasteiger partial charge in [-0.25, -0.2) is 0 Å². The number of nitrogens with zero attached hydrogens (tertiary/aromatic N) is 1. The number of carbonyl (C=O) groups is 2. The highest BCUT2D eigenvalue weighted by Gasteiger charge is 2.35. The van der Waals surface area contributed by atoms with Crippen molar-refractivity contribution in [1.82, 2.24) is 10.2 Å². The Kier molecular flexibility index (Phi) is 5.99. The lowest BCUT2D eigenvalue weighted by Crippen LogP contribution is -2.51. The predicted molar refractivity (Wildman–Crippen MR) is 103 cm³/mol. The topological polar surface area (TPSA) is 58.6 Å². The lowest BCUT2D eigenvalue weighted by Gasteiger charge is -2.37. The van der Waals surface area contributed by atoms with Crippen molar-refractivity contribution in [2.24, 2.45) is 11.3 Å². The molecule has 0 radical (unpaired) electrons. The second kappa shape index (κ2) is 7.68. The van der Waals surface area contributed by atoms with Gasteiger partial charge >= 0.3 is 0 Å². The van der Waals surface area contributed by atoms with Crippen LogP contribution in [0.5, 0.6) is 5.75 Å². The molecule has 0 saturated carbocycles. The predicted octanol–water partition coefficient (Wildman–Crippen LogP) is 3.33. The molecule has 0 bridgehead atoms. The van der Waals surface area contributed by atoms with E-state index in [-0.39, 0.29) is 17.7 Å². The van der Waals surface area contributed by atoms with Crippen LogP contribution in [0, 0.1) is 11.3 Å². The van der Waals surface area contributed by atoms with E-state index in [0.717, 1.165) is 30.7 Å². The van der Waals surface area contributed by atoms with Crippen LogP contribution in [0.25, 0.3) is 0 Å². The number of likely N-dealkylation sites (tertiary alicyclic amines) is 1. The molecule has 0 aliphatic carbocycles. The molecule has 26 heavy (non-hydrogen) atoms. The second-order valence-corrected chi connectivity index (χ2v) is 8.65. The molecule has 5 heteroatoms. The average molecular weight is 360 g/mol. The summed E-state index contributed by atoms with van der Waals surface area (Å²) in [5.41, 5.74) is -0.0380. The SMILES string of the molecule is COc1ccccc1C(C)(C)NC(=O)C1CCCN(C(=O)C(C)(C)C)C1. The Hall–Kier alpha value is -2.04. The van der Waals surface area contributed by atoms with E-state index in [9.17, 15) is 9.59 Å². The van der Waals surface area contributed by atoms with E-state index in [2.05, 4.69) is 5.32 Å². The molecule has 1 aliphatic rings. The zero-order valence-corrected chi connectivity index (χ0v) is 16.9. The van der Waals surface area contributed by atoms with Crippen LogP contribution in [0.2, 0.25) is 0 Å². The minimum Gasteiger partial charge on any atom is -0.496 e. The number of carbonyl (C=O) groups excluding carboxylic acids is 2. The minimum absolute atomic E-state index is 0.00712. The Balaban J connectivity index is 2.10. The second-order valence-electron chi connectivity index (χ2n) is 8.65. The van der Waals surface area contributed by atoms with Crippen molar-refractivity contribution >= 4 is 11.8 Å². The molecule has 1 saturated heterocycles. The highest BCUT2D eigenvalue weighted by atomic mass is 16.5. The van der Waals surface area contributed by atoms with Crippen LogP contribution in [0.4, 0.5) is 0 Å². The van der Waals surface area contributed by atoms with E-state index < -0.39 is 11.0 Å². The first-order valence-corrected chi connectivity index (χ1v) is 9.31. The van der Waals surface area contributed by atoms with Gasteiger partial charge in [0.25, 0.3) is 0 Å². The number of benzene rings is 1. The van der Waals surface area contributed by atoms with Crippen molar-refractivity contribution in [2.75, 3.05) is 20.2 Å². The standard InChI is InChI=1S/C21H32N2O3/c1-20(2,3)19(25)23-13-9-10-15(14-23)18(24)22-21(4,5)16-11-7-8-12-17(16)26-6/h7-8,11-12,15H,9-10,13-14H2,1-6H3,(H,22,24). The first-order chi connectivity index (χ1) is 12.1. The smallest absolute Gasteiger partial charge is 0.227 e. The lowest BCUT2D eigenvalue weighted by atomic mass is 9.89. The number of hydrogen-bond donors (Lipinski definition) is 1. The van der Waals surface area contributed by atoms with E-state index >= 15 is 0 Å². The van der Waals surface area contributed by atoms with E-state index in [4.69, 9.17) is 4.74 Å². The van der Waals surface area contributed by atoms with Crippen molar-refractivity contribution in [3.05, 3.63) is 29.8 Å². The Bertz CT molecular complexity index is 661. The van der Waals surface area contributed by atoms with E-state index in [1.54, 1.807) is 7.11 Å². The van der Waals surface area contributed by atoms with Crippen molar-refractivity contribution in [3.8, 4) is 5.75 Å². The summed E-state index contributed by atoms with van der Waals surface area (Å²) < 4.78 is 5.44. The Morgan fingerprint density at radius 2 is 1.81 bits per heavy atom. The van der Waals surface area contributed by atoms with E-state index in [1.807, 2.05) is 63.8 Å². The molecule has 1 atom stereocenters. The van der Waals surface area contributed by atoms with Gasteiger partial charge in [-0.15, -0.1) is 0 Å². The fourth-order valence-corrected chi connectivity index (χ4v) is 3.49. The summed E-state index contributed by atoms with van der Waals surface area (Å²) in [7, 11) is 1.63. The number of ether oxygens (including phenoxy) is 1. The van der Waals surface area contributed by atoms with Gasteiger partial charge in [0.2, 0.25) is 11.8 Å². The third kappa shape index (κ3) is 4.57. The molecule has 1 N–H and O–H groups in total. The largest absolute Gasteiger partial charge is 0.496 e. The average Bonchev–Trinajstić information content (AvgIpc) is 2.60. The molecule has 5 nitrogen and oxygen atoms in total. The van der Waals surface area contributed by atoms with Crippen molar-refractivity contribution < 1.29 is 14.3 Å². The maximum atomic E-state index is 12.9. The Morgan fingerprint density at radius 1 is 1.15 bits per heavy atom. The zero-order valence-electron chi connectivity index (χ0n) is 16.9. The van der Waals surface area contributed by atoms with Gasteiger partial charge in [0.15, 0.2) is 0 Å². The highest BCUT2D eigenvalue weighted by Crippen LogP contribution is 2.30. The summed E-state index contributed by atoms with van der Waals surface area (Å²) in [5, 5.41) is 3.16. The molecule has 1 fully saturated rings. The van der Waals surface area contributed by atoms with Gasteiger partial charge in [-0.1, -0.05) is 39.0 Å². The zero-order chi connectivity index (χ0) is 19.5. The van der Waals surface area contributed by atoms with Crippen LogP contribution in [0.3, 0.4) is 0 Å². The van der Waals surface area contributed by atoms with E-state index in [0.29, 0.717) is 6.54 Å². The van der Waals surface area contributed by atoms with Crippen LogP contribution in [-0.2, 0) is 15.1 Å². The molecule has 2 amide bonds. The Morgan fingerprint density at radius 3 is 2.42 bits per heavy atom. The number of rotatable bonds is 4. The normalized spacial score (nSPS) is 18.4. The molecular formula is C21H32N2O3. The molecule has 1 heterocycles. The maximum Gasteiger partial charge on any atom is 0.227 e. The summed E-state index contributed by atoms with van der Waals surface area (Å²) >= 11 is 0. The summed E-state index contributed by atoms with van der Waals surface area (Å²) in [6.45, 7) is 10.9. The molecule has 0 aromatic heterocycles. The number of amides is 2. The fourth-order valence-electron chi connectivity index (χ4n) is 3.49. The van der Waals surface area contributed by atoms with Crippen molar-refractivity contribution in [3.63, 3.8) is 0 Å². The molecule has 0 spiro atoms. The molecule has 1 unspecified atom stereocenters. The number of hydrogen-bond acceptors (Lipinski definition) is 3. The third-order valence-electron chi connectivity index (χ3n) is 4.94. The van der Waals surface area contributed by atoms with E-state index in [1.165, 1.54) is 0 Å². The first kappa shape index (κ1) is 20.3. The van der Waals surface area contributed by atoms with Crippen molar-refractivity contribution in [1.29, 1.82) is 0 Å². The van der Waals surface area contributed by atoms with Gasteiger partial charge in [-0.3, -0.25) is 9.59 Å². The van der Waals surface area contributed by atoms with Crippen LogP contribution in [0.1, 0.15) is 53.0 Å². The third-order valence-corrected chi connectivity index (χ3v) is 4.94. The maximum absolute atomic E-state index is 12.9. The summed E-state index contributed by atoms with van der Waals surface area (Å²) in [6, 6.07) is 7.72. The van der Waals surface area contributed by atoms with Gasteiger partial charge in [-0.05, 0) is 32.8 Å². The molecule has 1 aromatic carbocycles. The Labute approximate surface area is 157 Å². The van der Waals surface area contributed by atoms with Crippen LogP contribution < -0.4 is 10.1 Å². The van der Waals surface area contributed by atoms with Crippen LogP contribution >= 0.6 is 0 Å². The minimum atomic E-state index is -0.556. The monoisotopic (exact) mass is 360 g/mol. The summed E-state index contributed by atoms with van der Waals surface area (Å²) in [4.78, 5) is 27.3. The summed E-state index contributed by atoms with van der Waals surface area (Å²) in [6.07, 6.45) is 1.66. The van der Waals surface area contributed by atoms with Crippen LogP contribution in [-0.4, -0.2) is 36.9 Å². The first-order valence-electron chi connectivity index (χ1n) is 9.31. The molecule has 1 aliphatic heterocycles. The molecule has 1 aromatic rings. The molecule has 2 rings (SSSR count). The number of piperidine rings is 1. The van der Waals surface area contributed by atoms with Gasteiger partial charge in [-0.2, -0.15) is 0 Å². The number of methoxy groups -OCH3 is 1. The summed E-state index contributed by atoms with van der Waals surface area (Å²) in [5.74, 6) is 0.682.